The van der Waals surface area contributed by atoms with Crippen molar-refractivity contribution < 1.29 is 14.6 Å². The first-order chi connectivity index (χ1) is 9.07. The van der Waals surface area contributed by atoms with Crippen molar-refractivity contribution in [2.75, 3.05) is 6.61 Å². The van der Waals surface area contributed by atoms with Gasteiger partial charge in [-0.2, -0.15) is 0 Å². The third kappa shape index (κ3) is 1.98. The lowest BCUT2D eigenvalue weighted by Crippen LogP contribution is -2.77. The molecule has 0 spiro atoms. The number of hydrogen-bond donors (Lipinski definition) is 3. The van der Waals surface area contributed by atoms with Crippen molar-refractivity contribution in [3.05, 3.63) is 0 Å². The Kier molecular flexibility index (Phi) is 3.68. The monoisotopic (exact) mass is 284 g/mol. The molecule has 5 nitrogen and oxygen atoms in total. The van der Waals surface area contributed by atoms with Crippen LogP contribution in [0.2, 0.25) is 0 Å². The Bertz CT molecular complexity index is 408. The average molecular weight is 284 g/mol. The van der Waals surface area contributed by atoms with E-state index in [1.165, 1.54) is 0 Å². The van der Waals surface area contributed by atoms with Crippen LogP contribution >= 0.6 is 0 Å². The first-order valence-electron chi connectivity index (χ1n) is 7.47. The Morgan fingerprint density at radius 3 is 2.40 bits per heavy atom. The zero-order valence-corrected chi connectivity index (χ0v) is 13.2. The summed E-state index contributed by atoms with van der Waals surface area (Å²) in [5.74, 6) is -0.122. The van der Waals surface area contributed by atoms with Gasteiger partial charge in [0, 0.05) is 29.9 Å². The van der Waals surface area contributed by atoms with Gasteiger partial charge in [-0.15, -0.1) is 0 Å². The van der Waals surface area contributed by atoms with Gasteiger partial charge in [0.05, 0.1) is 12.2 Å². The molecule has 2 aliphatic rings. The fourth-order valence-electron chi connectivity index (χ4n) is 3.26. The van der Waals surface area contributed by atoms with Crippen molar-refractivity contribution in [2.24, 2.45) is 16.6 Å². The summed E-state index contributed by atoms with van der Waals surface area (Å²) in [4.78, 5) is 12.5. The Labute approximate surface area is 121 Å². The zero-order chi connectivity index (χ0) is 15.3. The van der Waals surface area contributed by atoms with E-state index in [9.17, 15) is 9.90 Å². The molecule has 0 aliphatic heterocycles. The lowest BCUT2D eigenvalue weighted by Gasteiger charge is -2.59. The maximum Gasteiger partial charge on any atom is 0.241 e. The van der Waals surface area contributed by atoms with Crippen molar-refractivity contribution in [1.29, 1.82) is 0 Å². The number of hydrogen-bond acceptors (Lipinski definition) is 4. The van der Waals surface area contributed by atoms with Crippen LogP contribution in [0.25, 0.3) is 0 Å². The number of carbonyl (C=O) groups is 1. The molecular formula is C15H28N2O3. The van der Waals surface area contributed by atoms with Gasteiger partial charge >= 0.3 is 0 Å². The van der Waals surface area contributed by atoms with E-state index in [1.54, 1.807) is 0 Å². The number of carbonyl (C=O) groups excluding carboxylic acids is 1. The van der Waals surface area contributed by atoms with Gasteiger partial charge in [-0.1, -0.05) is 27.7 Å². The van der Waals surface area contributed by atoms with Crippen LogP contribution in [-0.2, 0) is 9.53 Å². The molecule has 0 aromatic heterocycles. The van der Waals surface area contributed by atoms with Crippen LogP contribution in [0, 0.1) is 10.8 Å². The molecule has 0 radical (unpaired) electrons. The third-order valence-electron chi connectivity index (χ3n) is 5.76. The summed E-state index contributed by atoms with van der Waals surface area (Å²) in [5, 5.41) is 12.8. The maximum absolute atomic E-state index is 12.5. The predicted molar refractivity (Wildman–Crippen MR) is 77.1 cm³/mol. The highest BCUT2D eigenvalue weighted by atomic mass is 16.5. The molecule has 0 aromatic rings. The lowest BCUT2D eigenvalue weighted by molar-refractivity contribution is -0.174. The molecule has 4 N–H and O–H groups in total. The standard InChI is InChI=1S/C15H28N2O3/c1-6-20-11-8-15(16,14(11,4)5)12(19)17-9-7-10(18)13(9,2)3/h9-11,18H,6-8,16H2,1-5H3,(H,17,19). The minimum absolute atomic E-state index is 0.00707. The fourth-order valence-corrected chi connectivity index (χ4v) is 3.26. The number of ether oxygens (including phenoxy) is 1. The van der Waals surface area contributed by atoms with Gasteiger partial charge in [0.25, 0.3) is 0 Å². The lowest BCUT2D eigenvalue weighted by atomic mass is 9.54. The minimum atomic E-state index is -0.885. The summed E-state index contributed by atoms with van der Waals surface area (Å²) in [6.07, 6.45) is 0.829. The normalized spacial score (nSPS) is 41.5. The van der Waals surface area contributed by atoms with Crippen LogP contribution in [0.4, 0.5) is 0 Å². The van der Waals surface area contributed by atoms with Gasteiger partial charge in [0.15, 0.2) is 0 Å². The number of nitrogens with one attached hydrogen (secondary N) is 1. The van der Waals surface area contributed by atoms with Gasteiger partial charge in [-0.25, -0.2) is 0 Å². The number of aliphatic hydroxyl groups is 1. The Morgan fingerprint density at radius 1 is 1.40 bits per heavy atom. The van der Waals surface area contributed by atoms with Crippen molar-refractivity contribution >= 4 is 5.91 Å². The van der Waals surface area contributed by atoms with Gasteiger partial charge in [-0.05, 0) is 13.3 Å². The molecule has 20 heavy (non-hydrogen) atoms. The van der Waals surface area contributed by atoms with Gasteiger partial charge < -0.3 is 20.9 Å². The second kappa shape index (κ2) is 4.68. The second-order valence-electron chi connectivity index (χ2n) is 7.44. The minimum Gasteiger partial charge on any atom is -0.392 e. The highest BCUT2D eigenvalue weighted by Gasteiger charge is 2.63. The Balaban J connectivity index is 2.00. The van der Waals surface area contributed by atoms with Gasteiger partial charge in [-0.3, -0.25) is 4.79 Å². The van der Waals surface area contributed by atoms with Gasteiger partial charge in [0.2, 0.25) is 5.91 Å². The van der Waals surface area contributed by atoms with E-state index in [4.69, 9.17) is 10.5 Å². The molecule has 2 fully saturated rings. The molecule has 4 unspecified atom stereocenters. The molecule has 0 heterocycles. The molecule has 0 aromatic carbocycles. The highest BCUT2D eigenvalue weighted by Crippen LogP contribution is 2.50. The van der Waals surface area contributed by atoms with E-state index >= 15 is 0 Å². The summed E-state index contributed by atoms with van der Waals surface area (Å²) in [6, 6.07) is -0.00707. The molecule has 0 bridgehead atoms. The van der Waals surface area contributed by atoms with E-state index in [0.29, 0.717) is 19.4 Å². The van der Waals surface area contributed by atoms with E-state index in [2.05, 4.69) is 5.32 Å². The number of aliphatic hydroxyl groups excluding tert-OH is 1. The quantitative estimate of drug-likeness (QED) is 0.713. The van der Waals surface area contributed by atoms with Crippen LogP contribution in [0.15, 0.2) is 0 Å². The second-order valence-corrected chi connectivity index (χ2v) is 7.44. The smallest absolute Gasteiger partial charge is 0.241 e. The van der Waals surface area contributed by atoms with Crippen molar-refractivity contribution in [3.63, 3.8) is 0 Å². The summed E-state index contributed by atoms with van der Waals surface area (Å²) in [5.41, 5.74) is 4.80. The highest BCUT2D eigenvalue weighted by molar-refractivity contribution is 5.89. The van der Waals surface area contributed by atoms with Crippen LogP contribution in [-0.4, -0.2) is 41.4 Å². The number of rotatable bonds is 4. The molecule has 5 heteroatoms. The molecule has 0 saturated heterocycles. The topological polar surface area (TPSA) is 84.6 Å². The van der Waals surface area contributed by atoms with Crippen LogP contribution in [0.1, 0.15) is 47.5 Å². The third-order valence-corrected chi connectivity index (χ3v) is 5.76. The number of nitrogens with two attached hydrogens (primary N) is 1. The molecule has 4 atom stereocenters. The summed E-state index contributed by atoms with van der Waals surface area (Å²) >= 11 is 0. The SMILES string of the molecule is CCOC1CC(N)(C(=O)NC2CC(O)C2(C)C)C1(C)C. The maximum atomic E-state index is 12.5. The average Bonchev–Trinajstić information content (AvgIpc) is 2.37. The van der Waals surface area contributed by atoms with E-state index in [1.807, 2.05) is 34.6 Å². The first-order valence-corrected chi connectivity index (χ1v) is 7.47. The van der Waals surface area contributed by atoms with Crippen LogP contribution < -0.4 is 11.1 Å². The van der Waals surface area contributed by atoms with Crippen LogP contribution in [0.5, 0.6) is 0 Å². The molecule has 2 rings (SSSR count). The number of amides is 1. The zero-order valence-electron chi connectivity index (χ0n) is 13.2. The largest absolute Gasteiger partial charge is 0.392 e. The van der Waals surface area contributed by atoms with Crippen molar-refractivity contribution in [2.45, 2.75) is 71.2 Å². The van der Waals surface area contributed by atoms with Crippen molar-refractivity contribution in [3.8, 4) is 0 Å². The summed E-state index contributed by atoms with van der Waals surface area (Å²) < 4.78 is 5.64. The molecule has 2 saturated carbocycles. The Morgan fingerprint density at radius 2 is 2.00 bits per heavy atom. The predicted octanol–water partition coefficient (Wildman–Crippen LogP) is 0.795. The van der Waals surface area contributed by atoms with E-state index < -0.39 is 5.54 Å². The van der Waals surface area contributed by atoms with E-state index in [-0.39, 0.29) is 35.0 Å². The van der Waals surface area contributed by atoms with Crippen molar-refractivity contribution in [1.82, 2.24) is 5.32 Å². The molecule has 2 aliphatic carbocycles. The molecule has 116 valence electrons. The molecule has 1 amide bonds. The van der Waals surface area contributed by atoms with Crippen LogP contribution in [0.3, 0.4) is 0 Å². The molecular weight excluding hydrogens is 256 g/mol. The van der Waals surface area contributed by atoms with Gasteiger partial charge in [0.1, 0.15) is 5.54 Å². The summed E-state index contributed by atoms with van der Waals surface area (Å²) in [7, 11) is 0. The fraction of sp³-hybridized carbons (Fsp3) is 0.933. The summed E-state index contributed by atoms with van der Waals surface area (Å²) in [6.45, 7) is 10.5. The first kappa shape index (κ1) is 15.7. The Hall–Kier alpha value is -0.650. The van der Waals surface area contributed by atoms with E-state index in [0.717, 1.165) is 0 Å².